The number of aryl methyl sites for hydroxylation is 1. The third kappa shape index (κ3) is 2.56. The summed E-state index contributed by atoms with van der Waals surface area (Å²) >= 11 is 5.60. The van der Waals surface area contributed by atoms with Gasteiger partial charge < -0.3 is 4.74 Å². The van der Waals surface area contributed by atoms with Gasteiger partial charge in [0.25, 0.3) is 0 Å². The van der Waals surface area contributed by atoms with Crippen LogP contribution < -0.4 is 4.74 Å². The van der Waals surface area contributed by atoms with Crippen LogP contribution in [-0.2, 0) is 0 Å². The second kappa shape index (κ2) is 4.85. The van der Waals surface area contributed by atoms with Gasteiger partial charge in [-0.3, -0.25) is 0 Å². The summed E-state index contributed by atoms with van der Waals surface area (Å²) < 4.78 is 43.0. The van der Waals surface area contributed by atoms with Gasteiger partial charge >= 0.3 is 12.6 Å². The molecule has 4 nitrogen and oxygen atoms in total. The van der Waals surface area contributed by atoms with E-state index >= 15 is 0 Å². The molecule has 0 aliphatic heterocycles. The number of nitrogens with zero attached hydrogens (tertiary/aromatic N) is 3. The summed E-state index contributed by atoms with van der Waals surface area (Å²) in [6.07, 6.45) is 0. The topological polar surface area (TPSA) is 39.9 Å². The molecular weight excluding hydrogens is 271 g/mol. The number of benzene rings is 1. The minimum absolute atomic E-state index is 0.0735. The Labute approximate surface area is 105 Å². The molecule has 0 N–H and O–H groups in total. The molecule has 0 saturated carbocycles. The van der Waals surface area contributed by atoms with E-state index in [1.54, 1.807) is 0 Å². The molecule has 0 unspecified atom stereocenters. The van der Waals surface area contributed by atoms with E-state index in [9.17, 15) is 13.2 Å². The van der Waals surface area contributed by atoms with E-state index in [0.29, 0.717) is 0 Å². The van der Waals surface area contributed by atoms with Crippen LogP contribution in [0.5, 0.6) is 6.01 Å². The van der Waals surface area contributed by atoms with Gasteiger partial charge in [-0.25, -0.2) is 4.39 Å². The summed E-state index contributed by atoms with van der Waals surface area (Å²) in [4.78, 5) is 3.64. The Balaban J connectivity index is 2.49. The zero-order valence-corrected chi connectivity index (χ0v) is 9.83. The highest BCUT2D eigenvalue weighted by Crippen LogP contribution is 2.22. The molecule has 0 aliphatic carbocycles. The fourth-order valence-electron chi connectivity index (χ4n) is 1.36. The quantitative estimate of drug-likeness (QED) is 0.866. The van der Waals surface area contributed by atoms with Crippen molar-refractivity contribution >= 4 is 11.6 Å². The van der Waals surface area contributed by atoms with Crippen LogP contribution >= 0.6 is 11.6 Å². The predicted molar refractivity (Wildman–Crippen MR) is 57.7 cm³/mol. The summed E-state index contributed by atoms with van der Waals surface area (Å²) in [6.45, 7) is -1.59. The molecule has 0 amide bonds. The number of alkyl halides is 2. The van der Waals surface area contributed by atoms with Gasteiger partial charge in [0.2, 0.25) is 0 Å². The Kier molecular flexibility index (Phi) is 3.42. The molecule has 1 aromatic heterocycles. The predicted octanol–water partition coefficient (Wildman–Crippen LogP) is 2.97. The lowest BCUT2D eigenvalue weighted by molar-refractivity contribution is -0.0575. The fourth-order valence-corrected chi connectivity index (χ4v) is 1.52. The summed E-state index contributed by atoms with van der Waals surface area (Å²) in [5, 5.41) is 3.97. The molecule has 1 aromatic carbocycles. The van der Waals surface area contributed by atoms with Crippen LogP contribution in [0.15, 0.2) is 18.2 Å². The monoisotopic (exact) mass is 277 g/mol. The molecule has 0 saturated heterocycles. The van der Waals surface area contributed by atoms with Crippen molar-refractivity contribution < 1.29 is 17.9 Å². The first kappa shape index (κ1) is 12.7. The summed E-state index contributed by atoms with van der Waals surface area (Å²) in [5.41, 5.74) is -0.0735. The van der Waals surface area contributed by atoms with Gasteiger partial charge in [0.15, 0.2) is 11.6 Å². The van der Waals surface area contributed by atoms with Crippen molar-refractivity contribution in [2.24, 2.45) is 0 Å². The van der Waals surface area contributed by atoms with E-state index in [1.807, 2.05) is 0 Å². The number of rotatable bonds is 3. The van der Waals surface area contributed by atoms with E-state index in [0.717, 1.165) is 10.7 Å². The number of halogens is 4. The van der Waals surface area contributed by atoms with Gasteiger partial charge in [-0.1, -0.05) is 11.6 Å². The van der Waals surface area contributed by atoms with E-state index in [4.69, 9.17) is 11.6 Å². The number of ether oxygens (including phenoxy) is 1. The normalized spacial score (nSPS) is 11.0. The molecule has 1 heterocycles. The second-order valence-electron chi connectivity index (χ2n) is 3.33. The van der Waals surface area contributed by atoms with Gasteiger partial charge in [0.1, 0.15) is 5.69 Å². The maximum absolute atomic E-state index is 13.6. The summed E-state index contributed by atoms with van der Waals surface area (Å²) in [7, 11) is 0. The lowest BCUT2D eigenvalue weighted by Gasteiger charge is -2.07. The van der Waals surface area contributed by atoms with Gasteiger partial charge in [-0.05, 0) is 25.1 Å². The average molecular weight is 278 g/mol. The summed E-state index contributed by atoms with van der Waals surface area (Å²) in [5.74, 6) is -0.536. The van der Waals surface area contributed by atoms with Crippen LogP contribution in [0.4, 0.5) is 13.2 Å². The lowest BCUT2D eigenvalue weighted by Crippen LogP contribution is -2.09. The van der Waals surface area contributed by atoms with Gasteiger partial charge in [0, 0.05) is 5.02 Å². The first-order chi connectivity index (χ1) is 8.47. The molecule has 0 fully saturated rings. The van der Waals surface area contributed by atoms with Crippen LogP contribution in [0, 0.1) is 12.7 Å². The Morgan fingerprint density at radius 1 is 1.39 bits per heavy atom. The smallest absolute Gasteiger partial charge is 0.389 e. The molecule has 0 spiro atoms. The minimum Gasteiger partial charge on any atom is -0.401 e. The molecule has 8 heteroatoms. The van der Waals surface area contributed by atoms with Gasteiger partial charge in [-0.15, -0.1) is 5.10 Å². The van der Waals surface area contributed by atoms with Crippen LogP contribution in [-0.4, -0.2) is 21.4 Å². The molecule has 0 atom stereocenters. The first-order valence-electron chi connectivity index (χ1n) is 4.81. The SMILES string of the molecule is Cc1nc(OC(F)F)n(-c2ccc(Cl)cc2F)n1. The molecule has 18 heavy (non-hydrogen) atoms. The third-order valence-electron chi connectivity index (χ3n) is 2.02. The highest BCUT2D eigenvalue weighted by atomic mass is 35.5. The Hall–Kier alpha value is -1.76. The van der Waals surface area contributed by atoms with Crippen LogP contribution in [0.3, 0.4) is 0 Å². The molecule has 2 rings (SSSR count). The van der Waals surface area contributed by atoms with Crippen molar-refractivity contribution in [2.75, 3.05) is 0 Å². The molecule has 0 radical (unpaired) electrons. The maximum Gasteiger partial charge on any atom is 0.389 e. The van der Waals surface area contributed by atoms with E-state index in [1.165, 1.54) is 19.1 Å². The third-order valence-corrected chi connectivity index (χ3v) is 2.25. The average Bonchev–Trinajstić information content (AvgIpc) is 2.58. The lowest BCUT2D eigenvalue weighted by atomic mass is 10.3. The van der Waals surface area contributed by atoms with Crippen LogP contribution in [0.25, 0.3) is 5.69 Å². The van der Waals surface area contributed by atoms with Crippen LogP contribution in [0.1, 0.15) is 5.82 Å². The van der Waals surface area contributed by atoms with Crippen molar-refractivity contribution in [1.82, 2.24) is 14.8 Å². The van der Waals surface area contributed by atoms with E-state index < -0.39 is 18.4 Å². The zero-order chi connectivity index (χ0) is 13.3. The zero-order valence-electron chi connectivity index (χ0n) is 9.07. The Bertz CT molecular complexity index is 573. The standard InChI is InChI=1S/C10H7ClF3N3O/c1-5-15-10(18-9(13)14)17(16-5)8-3-2-6(11)4-7(8)12/h2-4,9H,1H3. The largest absolute Gasteiger partial charge is 0.401 e. The Morgan fingerprint density at radius 3 is 2.72 bits per heavy atom. The highest BCUT2D eigenvalue weighted by Gasteiger charge is 2.17. The van der Waals surface area contributed by atoms with Crippen LogP contribution in [0.2, 0.25) is 5.02 Å². The second-order valence-corrected chi connectivity index (χ2v) is 3.76. The van der Waals surface area contributed by atoms with E-state index in [-0.39, 0.29) is 16.5 Å². The number of hydrogen-bond donors (Lipinski definition) is 0. The molecular formula is C10H7ClF3N3O. The van der Waals surface area contributed by atoms with Crippen molar-refractivity contribution in [2.45, 2.75) is 13.5 Å². The molecule has 2 aromatic rings. The van der Waals surface area contributed by atoms with E-state index in [2.05, 4.69) is 14.8 Å². The van der Waals surface area contributed by atoms with Crippen molar-refractivity contribution in [1.29, 1.82) is 0 Å². The summed E-state index contributed by atoms with van der Waals surface area (Å²) in [6, 6.07) is 3.26. The number of hydrogen-bond acceptors (Lipinski definition) is 3. The highest BCUT2D eigenvalue weighted by molar-refractivity contribution is 6.30. The number of aromatic nitrogens is 3. The molecule has 96 valence electrons. The fraction of sp³-hybridized carbons (Fsp3) is 0.200. The van der Waals surface area contributed by atoms with Gasteiger partial charge in [0.05, 0.1) is 0 Å². The first-order valence-corrected chi connectivity index (χ1v) is 5.19. The van der Waals surface area contributed by atoms with Gasteiger partial charge in [-0.2, -0.15) is 18.4 Å². The molecule has 0 bridgehead atoms. The van der Waals surface area contributed by atoms with Crippen molar-refractivity contribution in [3.8, 4) is 11.7 Å². The minimum atomic E-state index is -3.07. The Morgan fingerprint density at radius 2 is 2.11 bits per heavy atom. The molecule has 0 aliphatic rings. The van der Waals surface area contributed by atoms with Crippen molar-refractivity contribution in [3.05, 3.63) is 34.9 Å². The van der Waals surface area contributed by atoms with Crippen molar-refractivity contribution in [3.63, 3.8) is 0 Å². The maximum atomic E-state index is 13.6.